The number of hydrogen-bond donors (Lipinski definition) is 0. The van der Waals surface area contributed by atoms with Crippen LogP contribution in [0.2, 0.25) is 0 Å². The van der Waals surface area contributed by atoms with E-state index in [1.807, 2.05) is 31.2 Å². The van der Waals surface area contributed by atoms with Crippen molar-refractivity contribution in [3.05, 3.63) is 67.8 Å². The maximum Gasteiger partial charge on any atom is -0.0188 e. The van der Waals surface area contributed by atoms with Gasteiger partial charge in [0.1, 0.15) is 0 Å². The lowest BCUT2D eigenvalue weighted by molar-refractivity contribution is 1.60. The fourth-order valence-electron chi connectivity index (χ4n) is 1.03. The lowest BCUT2D eigenvalue weighted by Gasteiger charge is -1.98. The van der Waals surface area contributed by atoms with E-state index >= 15 is 0 Å². The van der Waals surface area contributed by atoms with Gasteiger partial charge in [0.15, 0.2) is 0 Å². The Kier molecular flexibility index (Phi) is 23.8. The van der Waals surface area contributed by atoms with Crippen molar-refractivity contribution >= 4 is 5.57 Å². The van der Waals surface area contributed by atoms with Crippen LogP contribution in [0.25, 0.3) is 5.57 Å². The van der Waals surface area contributed by atoms with E-state index in [9.17, 15) is 0 Å². The molecule has 0 aromatic heterocycles. The summed E-state index contributed by atoms with van der Waals surface area (Å²) >= 11 is 0. The molecular formula is C16H28. The Balaban J connectivity index is -0.000000136. The molecule has 0 fully saturated rings. The molecule has 0 spiro atoms. The molecule has 0 saturated heterocycles. The van der Waals surface area contributed by atoms with Crippen molar-refractivity contribution in [2.24, 2.45) is 0 Å². The molecule has 0 aliphatic rings. The third-order valence-electron chi connectivity index (χ3n) is 1.64. The van der Waals surface area contributed by atoms with E-state index < -0.39 is 0 Å². The number of benzene rings is 1. The highest BCUT2D eigenvalue weighted by Gasteiger charge is 1.91. The number of rotatable bonds is 2. The van der Waals surface area contributed by atoms with Crippen LogP contribution in [0, 0.1) is 0 Å². The van der Waals surface area contributed by atoms with Crippen LogP contribution in [-0.2, 0) is 0 Å². The molecule has 0 aliphatic heterocycles. The van der Waals surface area contributed by atoms with Crippen LogP contribution in [0.1, 0.15) is 34.8 Å². The van der Waals surface area contributed by atoms with Crippen molar-refractivity contribution < 1.29 is 0 Å². The zero-order chi connectivity index (χ0) is 10.1. The molecule has 0 amide bonds. The molecule has 0 unspecified atom stereocenters. The highest BCUT2D eigenvalue weighted by Crippen LogP contribution is 2.13. The molecule has 1 rings (SSSR count). The summed E-state index contributed by atoms with van der Waals surface area (Å²) in [4.78, 5) is 0. The average Bonchev–Trinajstić information content (AvgIpc) is 2.24. The first-order valence-corrected chi connectivity index (χ1v) is 4.22. The van der Waals surface area contributed by atoms with Crippen LogP contribution in [0.3, 0.4) is 0 Å². The molecule has 92 valence electrons. The Bertz CT molecular complexity index is 267. The van der Waals surface area contributed by atoms with Crippen LogP contribution in [0.4, 0.5) is 0 Å². The Morgan fingerprint density at radius 2 is 1.44 bits per heavy atom. The Hall–Kier alpha value is -1.56. The highest BCUT2D eigenvalue weighted by molar-refractivity contribution is 5.72. The van der Waals surface area contributed by atoms with E-state index in [0.717, 1.165) is 0 Å². The summed E-state index contributed by atoms with van der Waals surface area (Å²) in [5, 5.41) is 0. The first-order valence-electron chi connectivity index (χ1n) is 4.22. The van der Waals surface area contributed by atoms with Crippen molar-refractivity contribution in [2.75, 3.05) is 0 Å². The van der Waals surface area contributed by atoms with Gasteiger partial charge < -0.3 is 0 Å². The van der Waals surface area contributed by atoms with E-state index in [4.69, 9.17) is 0 Å². The number of allylic oxidation sites excluding steroid dienone is 3. The van der Waals surface area contributed by atoms with Gasteiger partial charge in [-0.3, -0.25) is 0 Å². The fraction of sp³-hybridized carbons (Fsp3) is 0.250. The van der Waals surface area contributed by atoms with Gasteiger partial charge in [0.05, 0.1) is 0 Å². The summed E-state index contributed by atoms with van der Waals surface area (Å²) in [6.07, 6.45) is 3.93. The van der Waals surface area contributed by atoms with Crippen LogP contribution in [0.15, 0.2) is 62.2 Å². The summed E-state index contributed by atoms with van der Waals surface area (Å²) < 4.78 is 0. The number of hydrogen-bond acceptors (Lipinski definition) is 0. The van der Waals surface area contributed by atoms with E-state index in [-0.39, 0.29) is 22.3 Å². The van der Waals surface area contributed by atoms with E-state index in [1.165, 1.54) is 11.1 Å². The second-order valence-electron chi connectivity index (χ2n) is 2.31. The lowest BCUT2D eigenvalue weighted by Crippen LogP contribution is -1.76. The van der Waals surface area contributed by atoms with Crippen molar-refractivity contribution in [2.45, 2.75) is 29.2 Å². The summed E-state index contributed by atoms with van der Waals surface area (Å²) in [5.41, 5.74) is 2.41. The Labute approximate surface area is 103 Å². The summed E-state index contributed by atoms with van der Waals surface area (Å²) in [7, 11) is 0. The molecule has 0 bridgehead atoms. The molecule has 0 atom stereocenters. The maximum atomic E-state index is 3.74. The van der Waals surface area contributed by atoms with Crippen LogP contribution < -0.4 is 0 Å². The Morgan fingerprint density at radius 3 is 1.75 bits per heavy atom. The SMILES string of the molecule is C.C.C.C=C.C=C/C(=C\C)c1ccccc1. The zero-order valence-electron chi connectivity index (χ0n) is 8.16. The predicted molar refractivity (Wildman–Crippen MR) is 81.7 cm³/mol. The van der Waals surface area contributed by atoms with Gasteiger partial charge in [-0.25, -0.2) is 0 Å². The molecule has 0 saturated carbocycles. The molecule has 0 aliphatic carbocycles. The van der Waals surface area contributed by atoms with E-state index in [1.54, 1.807) is 0 Å². The van der Waals surface area contributed by atoms with Gasteiger partial charge in [-0.15, -0.1) is 13.2 Å². The Morgan fingerprint density at radius 1 is 1.00 bits per heavy atom. The predicted octanol–water partition coefficient (Wildman–Crippen LogP) is 5.99. The molecule has 16 heavy (non-hydrogen) atoms. The highest BCUT2D eigenvalue weighted by atomic mass is 14.0. The molecule has 0 heteroatoms. The quantitative estimate of drug-likeness (QED) is 0.424. The monoisotopic (exact) mass is 220 g/mol. The van der Waals surface area contributed by atoms with Gasteiger partial charge in [0.25, 0.3) is 0 Å². The van der Waals surface area contributed by atoms with Crippen LogP contribution >= 0.6 is 0 Å². The van der Waals surface area contributed by atoms with Crippen LogP contribution in [0.5, 0.6) is 0 Å². The summed E-state index contributed by atoms with van der Waals surface area (Å²) in [6, 6.07) is 10.2. The van der Waals surface area contributed by atoms with Gasteiger partial charge in [0, 0.05) is 0 Å². The molecule has 0 radical (unpaired) electrons. The second kappa shape index (κ2) is 15.9. The van der Waals surface area contributed by atoms with Crippen molar-refractivity contribution in [1.82, 2.24) is 0 Å². The van der Waals surface area contributed by atoms with E-state index in [2.05, 4.69) is 37.9 Å². The lowest BCUT2D eigenvalue weighted by atomic mass is 10.1. The minimum Gasteiger partial charge on any atom is -0.106 e. The minimum atomic E-state index is 0. The van der Waals surface area contributed by atoms with Crippen molar-refractivity contribution in [1.29, 1.82) is 0 Å². The zero-order valence-corrected chi connectivity index (χ0v) is 8.16. The molecule has 1 aromatic carbocycles. The van der Waals surface area contributed by atoms with Crippen molar-refractivity contribution in [3.8, 4) is 0 Å². The maximum absolute atomic E-state index is 3.74. The topological polar surface area (TPSA) is 0 Å². The average molecular weight is 220 g/mol. The van der Waals surface area contributed by atoms with Gasteiger partial charge in [-0.1, -0.05) is 71.3 Å². The van der Waals surface area contributed by atoms with E-state index in [0.29, 0.717) is 0 Å². The third-order valence-corrected chi connectivity index (χ3v) is 1.64. The smallest absolute Gasteiger partial charge is 0.0188 e. The van der Waals surface area contributed by atoms with Gasteiger partial charge in [-0.2, -0.15) is 0 Å². The molecule has 0 N–H and O–H groups in total. The second-order valence-corrected chi connectivity index (χ2v) is 2.31. The van der Waals surface area contributed by atoms with Crippen LogP contribution in [-0.4, -0.2) is 0 Å². The van der Waals surface area contributed by atoms with Gasteiger partial charge >= 0.3 is 0 Å². The minimum absolute atomic E-state index is 0. The third kappa shape index (κ3) is 7.81. The van der Waals surface area contributed by atoms with Crippen molar-refractivity contribution in [3.63, 3.8) is 0 Å². The van der Waals surface area contributed by atoms with Gasteiger partial charge in [-0.05, 0) is 18.1 Å². The molecule has 0 nitrogen and oxygen atoms in total. The first kappa shape index (κ1) is 23.9. The summed E-state index contributed by atoms with van der Waals surface area (Å²) in [5.74, 6) is 0. The summed E-state index contributed by atoms with van der Waals surface area (Å²) in [6.45, 7) is 11.8. The largest absolute Gasteiger partial charge is 0.106 e. The molecular weight excluding hydrogens is 192 g/mol. The first-order chi connectivity index (χ1) is 6.38. The fourth-order valence-corrected chi connectivity index (χ4v) is 1.03. The van der Waals surface area contributed by atoms with Gasteiger partial charge in [0.2, 0.25) is 0 Å². The molecule has 1 aromatic rings. The molecule has 0 heterocycles. The standard InChI is InChI=1S/C11H12.C2H4.3CH4/c1-3-10(4-2)11-8-6-5-7-9-11;1-2;;;/h3-9H,1H2,2H3;1-2H2;3*1H4/b10-4+;;;;. The normalized spacial score (nSPS) is 7.94.